The topological polar surface area (TPSA) is 64.3 Å². The highest BCUT2D eigenvalue weighted by atomic mass is 35.5. The summed E-state index contributed by atoms with van der Waals surface area (Å²) >= 11 is 1.55. The van der Waals surface area contributed by atoms with Gasteiger partial charge in [0.1, 0.15) is 6.10 Å². The summed E-state index contributed by atoms with van der Waals surface area (Å²) in [6.45, 7) is 2.86. The van der Waals surface area contributed by atoms with Crippen molar-refractivity contribution in [1.29, 1.82) is 0 Å². The Bertz CT molecular complexity index is 536. The van der Waals surface area contributed by atoms with Crippen LogP contribution in [0, 0.1) is 0 Å². The number of hydrogen-bond acceptors (Lipinski definition) is 6. The molecule has 1 fully saturated rings. The van der Waals surface area contributed by atoms with Crippen molar-refractivity contribution < 1.29 is 4.74 Å². The van der Waals surface area contributed by atoms with Gasteiger partial charge in [0, 0.05) is 43.0 Å². The van der Waals surface area contributed by atoms with E-state index in [1.165, 1.54) is 4.88 Å². The zero-order valence-corrected chi connectivity index (χ0v) is 12.6. The molecule has 2 aromatic rings. The highest BCUT2D eigenvalue weighted by Crippen LogP contribution is 2.21. The van der Waals surface area contributed by atoms with Gasteiger partial charge in [0.25, 0.3) is 0 Å². The zero-order valence-electron chi connectivity index (χ0n) is 10.9. The maximum Gasteiger partial charge on any atom is 0.213 e. The van der Waals surface area contributed by atoms with Crippen molar-refractivity contribution >= 4 is 28.9 Å². The fourth-order valence-corrected chi connectivity index (χ4v) is 2.97. The monoisotopic (exact) mass is 312 g/mol. The van der Waals surface area contributed by atoms with Gasteiger partial charge in [-0.15, -0.1) is 23.7 Å². The second-order valence-corrected chi connectivity index (χ2v) is 5.74. The highest BCUT2D eigenvalue weighted by molar-refractivity contribution is 7.15. The number of nitrogens with zero attached hydrogens (tertiary/aromatic N) is 3. The number of nitrogens with two attached hydrogens (primary N) is 1. The Morgan fingerprint density at radius 2 is 2.30 bits per heavy atom. The number of ether oxygens (including phenoxy) is 1. The average Bonchev–Trinajstić information content (AvgIpc) is 3.01. The molecule has 0 saturated carbocycles. The molecule has 1 atom stereocenters. The lowest BCUT2D eigenvalue weighted by Crippen LogP contribution is -2.24. The van der Waals surface area contributed by atoms with Crippen LogP contribution >= 0.6 is 23.7 Å². The van der Waals surface area contributed by atoms with Crippen LogP contribution in [0.25, 0.3) is 0 Å². The van der Waals surface area contributed by atoms with Gasteiger partial charge in [-0.25, -0.2) is 9.97 Å². The third-order valence-electron chi connectivity index (χ3n) is 3.11. The number of pyridine rings is 1. The van der Waals surface area contributed by atoms with Gasteiger partial charge in [0.05, 0.1) is 0 Å². The van der Waals surface area contributed by atoms with E-state index < -0.39 is 0 Å². The van der Waals surface area contributed by atoms with Gasteiger partial charge in [-0.3, -0.25) is 4.90 Å². The van der Waals surface area contributed by atoms with Crippen molar-refractivity contribution in [2.24, 2.45) is 0 Å². The summed E-state index contributed by atoms with van der Waals surface area (Å²) in [5, 5.41) is 0.635. The lowest BCUT2D eigenvalue weighted by Gasteiger charge is -2.15. The maximum atomic E-state index is 5.86. The molecule has 0 aromatic carbocycles. The quantitative estimate of drug-likeness (QED) is 0.937. The minimum atomic E-state index is 0. The van der Waals surface area contributed by atoms with Crippen LogP contribution in [0.4, 0.5) is 5.13 Å². The van der Waals surface area contributed by atoms with Gasteiger partial charge >= 0.3 is 0 Å². The van der Waals surface area contributed by atoms with E-state index in [1.807, 2.05) is 24.4 Å². The molecule has 2 aromatic heterocycles. The normalized spacial score (nSPS) is 18.7. The van der Waals surface area contributed by atoms with Crippen LogP contribution in [0.5, 0.6) is 5.88 Å². The molecule has 0 spiro atoms. The Morgan fingerprint density at radius 3 is 3.00 bits per heavy atom. The number of likely N-dealkylation sites (tertiary alicyclic amines) is 1. The highest BCUT2D eigenvalue weighted by Gasteiger charge is 2.24. The molecule has 108 valence electrons. The van der Waals surface area contributed by atoms with E-state index in [0.717, 1.165) is 26.1 Å². The van der Waals surface area contributed by atoms with Gasteiger partial charge in [-0.1, -0.05) is 6.07 Å². The molecular formula is C13H17ClN4OS. The molecule has 1 saturated heterocycles. The van der Waals surface area contributed by atoms with Crippen LogP contribution < -0.4 is 10.5 Å². The minimum absolute atomic E-state index is 0. The summed E-state index contributed by atoms with van der Waals surface area (Å²) < 4.78 is 5.86. The fourth-order valence-electron chi connectivity index (χ4n) is 2.24. The average molecular weight is 313 g/mol. The predicted molar refractivity (Wildman–Crippen MR) is 82.3 cm³/mol. The maximum absolute atomic E-state index is 5.86. The number of rotatable bonds is 4. The SMILES string of the molecule is Cl.Nc1ncc(CN2CCC(Oc3ccccn3)C2)s1. The molecule has 0 aliphatic carbocycles. The smallest absolute Gasteiger partial charge is 0.213 e. The van der Waals surface area contributed by atoms with E-state index in [9.17, 15) is 0 Å². The minimum Gasteiger partial charge on any atom is -0.473 e. The number of nitrogen functional groups attached to an aromatic ring is 1. The Labute approximate surface area is 128 Å². The second-order valence-electron chi connectivity index (χ2n) is 4.60. The fraction of sp³-hybridized carbons (Fsp3) is 0.385. The van der Waals surface area contributed by atoms with Crippen LogP contribution in [-0.2, 0) is 6.54 Å². The summed E-state index contributed by atoms with van der Waals surface area (Å²) in [5.74, 6) is 0.705. The van der Waals surface area contributed by atoms with Crippen molar-refractivity contribution in [1.82, 2.24) is 14.9 Å². The summed E-state index contributed by atoms with van der Waals surface area (Å²) in [6, 6.07) is 5.73. The summed E-state index contributed by atoms with van der Waals surface area (Å²) in [5.41, 5.74) is 5.64. The van der Waals surface area contributed by atoms with Crippen molar-refractivity contribution in [2.75, 3.05) is 18.8 Å². The molecule has 1 unspecified atom stereocenters. The first-order chi connectivity index (χ1) is 9.29. The van der Waals surface area contributed by atoms with Crippen molar-refractivity contribution in [3.8, 4) is 5.88 Å². The number of aromatic nitrogens is 2. The molecule has 2 N–H and O–H groups in total. The molecule has 1 aliphatic rings. The number of thiazole rings is 1. The Hall–Kier alpha value is -1.37. The molecule has 5 nitrogen and oxygen atoms in total. The van der Waals surface area contributed by atoms with Crippen molar-refractivity contribution in [3.05, 3.63) is 35.5 Å². The second kappa shape index (κ2) is 6.88. The summed E-state index contributed by atoms with van der Waals surface area (Å²) in [6.07, 6.45) is 4.86. The van der Waals surface area contributed by atoms with E-state index >= 15 is 0 Å². The Morgan fingerprint density at radius 1 is 1.40 bits per heavy atom. The van der Waals surface area contributed by atoms with E-state index in [-0.39, 0.29) is 18.5 Å². The first-order valence-corrected chi connectivity index (χ1v) is 7.11. The third-order valence-corrected chi connectivity index (χ3v) is 3.92. The molecule has 0 bridgehead atoms. The third kappa shape index (κ3) is 3.82. The van der Waals surface area contributed by atoms with Crippen LogP contribution in [0.2, 0.25) is 0 Å². The van der Waals surface area contributed by atoms with E-state index in [1.54, 1.807) is 17.5 Å². The Balaban J connectivity index is 0.00000147. The number of halogens is 1. The molecule has 0 radical (unpaired) electrons. The van der Waals surface area contributed by atoms with Crippen LogP contribution in [0.15, 0.2) is 30.6 Å². The Kier molecular flexibility index (Phi) is 5.17. The zero-order chi connectivity index (χ0) is 13.1. The summed E-state index contributed by atoms with van der Waals surface area (Å²) in [4.78, 5) is 11.8. The van der Waals surface area contributed by atoms with Gasteiger partial charge in [-0.2, -0.15) is 0 Å². The molecule has 3 heterocycles. The van der Waals surface area contributed by atoms with E-state index in [0.29, 0.717) is 11.0 Å². The van der Waals surface area contributed by atoms with Crippen LogP contribution in [0.1, 0.15) is 11.3 Å². The van der Waals surface area contributed by atoms with Crippen molar-refractivity contribution in [2.45, 2.75) is 19.1 Å². The standard InChI is InChI=1S/C13H16N4OS.ClH/c14-13-16-7-11(19-13)9-17-6-4-10(8-17)18-12-3-1-2-5-15-12;/h1-3,5,7,10H,4,6,8-9H2,(H2,14,16);1H. The van der Waals surface area contributed by atoms with E-state index in [2.05, 4.69) is 14.9 Å². The van der Waals surface area contributed by atoms with Gasteiger partial charge in [0.15, 0.2) is 5.13 Å². The molecule has 7 heteroatoms. The van der Waals surface area contributed by atoms with Crippen LogP contribution in [0.3, 0.4) is 0 Å². The van der Waals surface area contributed by atoms with E-state index in [4.69, 9.17) is 10.5 Å². The lowest BCUT2D eigenvalue weighted by atomic mass is 10.3. The largest absolute Gasteiger partial charge is 0.473 e. The molecular weight excluding hydrogens is 296 g/mol. The molecule has 20 heavy (non-hydrogen) atoms. The molecule has 0 amide bonds. The van der Waals surface area contributed by atoms with Crippen LogP contribution in [-0.4, -0.2) is 34.1 Å². The van der Waals surface area contributed by atoms with Gasteiger partial charge in [0.2, 0.25) is 5.88 Å². The summed E-state index contributed by atoms with van der Waals surface area (Å²) in [7, 11) is 0. The van der Waals surface area contributed by atoms with Gasteiger partial charge in [-0.05, 0) is 12.5 Å². The first kappa shape index (κ1) is 15.0. The number of anilines is 1. The van der Waals surface area contributed by atoms with Gasteiger partial charge < -0.3 is 10.5 Å². The molecule has 3 rings (SSSR count). The lowest BCUT2D eigenvalue weighted by molar-refractivity contribution is 0.191. The predicted octanol–water partition coefficient (Wildman–Crippen LogP) is 2.20. The molecule has 1 aliphatic heterocycles. The first-order valence-electron chi connectivity index (χ1n) is 6.30. The van der Waals surface area contributed by atoms with Crippen molar-refractivity contribution in [3.63, 3.8) is 0 Å². The number of hydrogen-bond donors (Lipinski definition) is 1.